The van der Waals surface area contributed by atoms with Crippen LogP contribution in [-0.2, 0) is 20.7 Å². The quantitative estimate of drug-likeness (QED) is 0.537. The van der Waals surface area contributed by atoms with Gasteiger partial charge in [0.05, 0.1) is 26.2 Å². The average molecular weight is 336 g/mol. The van der Waals surface area contributed by atoms with Crippen LogP contribution in [0.1, 0.15) is 5.56 Å². The van der Waals surface area contributed by atoms with Gasteiger partial charge < -0.3 is 20.5 Å². The number of nitrogens with zero attached hydrogens (tertiary/aromatic N) is 2. The molecule has 1 saturated heterocycles. The number of carbonyl (C=O) groups excluding carboxylic acids is 2. The fourth-order valence-corrected chi connectivity index (χ4v) is 2.41. The van der Waals surface area contributed by atoms with Crippen LogP contribution >= 0.6 is 0 Å². The molecule has 0 aromatic carbocycles. The Bertz CT molecular complexity index is 520. The van der Waals surface area contributed by atoms with Crippen molar-refractivity contribution >= 4 is 11.8 Å². The van der Waals surface area contributed by atoms with Crippen molar-refractivity contribution in [3.63, 3.8) is 0 Å². The van der Waals surface area contributed by atoms with E-state index in [-0.39, 0.29) is 18.2 Å². The number of rotatable bonds is 8. The van der Waals surface area contributed by atoms with Gasteiger partial charge in [0, 0.05) is 38.6 Å². The van der Waals surface area contributed by atoms with Crippen LogP contribution in [0.5, 0.6) is 0 Å². The van der Waals surface area contributed by atoms with Gasteiger partial charge in [-0.2, -0.15) is 0 Å². The first kappa shape index (κ1) is 18.3. The number of aliphatic hydroxyl groups is 1. The second-order valence-electron chi connectivity index (χ2n) is 5.58. The second-order valence-corrected chi connectivity index (χ2v) is 5.58. The van der Waals surface area contributed by atoms with E-state index in [1.54, 1.807) is 24.5 Å². The first-order chi connectivity index (χ1) is 11.7. The summed E-state index contributed by atoms with van der Waals surface area (Å²) >= 11 is 0. The van der Waals surface area contributed by atoms with Gasteiger partial charge in [-0.05, 0) is 17.7 Å². The van der Waals surface area contributed by atoms with E-state index in [4.69, 9.17) is 4.74 Å². The molecule has 132 valence electrons. The molecule has 1 aliphatic heterocycles. The Hall–Kier alpha value is -2.03. The van der Waals surface area contributed by atoms with Gasteiger partial charge in [0.2, 0.25) is 11.8 Å². The molecule has 3 N–H and O–H groups in total. The lowest BCUT2D eigenvalue weighted by Gasteiger charge is -2.26. The summed E-state index contributed by atoms with van der Waals surface area (Å²) < 4.78 is 5.26. The molecule has 0 aliphatic carbocycles. The predicted octanol–water partition coefficient (Wildman–Crippen LogP) is -1.45. The normalized spacial score (nSPS) is 16.4. The van der Waals surface area contributed by atoms with Gasteiger partial charge in [0.1, 0.15) is 6.04 Å². The molecule has 8 nitrogen and oxygen atoms in total. The third kappa shape index (κ3) is 6.23. The SMILES string of the molecule is O=C(Cc1ccncc1)N[C@@H](CO)C(=O)NCCN1CCOCC1. The third-order valence-corrected chi connectivity index (χ3v) is 3.78. The number of nitrogens with one attached hydrogen (secondary N) is 2. The highest BCUT2D eigenvalue weighted by molar-refractivity contribution is 5.88. The smallest absolute Gasteiger partial charge is 0.245 e. The van der Waals surface area contributed by atoms with E-state index >= 15 is 0 Å². The maximum atomic E-state index is 12.1. The number of morpholine rings is 1. The molecule has 1 fully saturated rings. The standard InChI is InChI=1S/C16H24N4O4/c21-12-14(19-15(22)11-13-1-3-17-4-2-13)16(23)18-5-6-20-7-9-24-10-8-20/h1-4,14,21H,5-12H2,(H,18,23)(H,19,22)/t14-/m0/s1. The molecule has 2 heterocycles. The van der Waals surface area contributed by atoms with Crippen LogP contribution in [0.2, 0.25) is 0 Å². The highest BCUT2D eigenvalue weighted by Gasteiger charge is 2.20. The summed E-state index contributed by atoms with van der Waals surface area (Å²) in [5.41, 5.74) is 0.798. The number of ether oxygens (including phenoxy) is 1. The fourth-order valence-electron chi connectivity index (χ4n) is 2.41. The zero-order valence-corrected chi connectivity index (χ0v) is 13.6. The molecule has 0 bridgehead atoms. The van der Waals surface area contributed by atoms with Crippen molar-refractivity contribution < 1.29 is 19.4 Å². The molecule has 0 saturated carbocycles. The van der Waals surface area contributed by atoms with Crippen LogP contribution in [0.3, 0.4) is 0 Å². The van der Waals surface area contributed by atoms with Gasteiger partial charge in [-0.15, -0.1) is 0 Å². The minimum Gasteiger partial charge on any atom is -0.394 e. The van der Waals surface area contributed by atoms with E-state index in [1.807, 2.05) is 0 Å². The minimum atomic E-state index is -0.941. The first-order valence-electron chi connectivity index (χ1n) is 8.06. The van der Waals surface area contributed by atoms with Crippen LogP contribution in [0, 0.1) is 0 Å². The van der Waals surface area contributed by atoms with Crippen molar-refractivity contribution in [3.05, 3.63) is 30.1 Å². The molecule has 0 unspecified atom stereocenters. The summed E-state index contributed by atoms with van der Waals surface area (Å²) in [5.74, 6) is -0.697. The number of aromatic nitrogens is 1. The Labute approximate surface area is 141 Å². The lowest BCUT2D eigenvalue weighted by molar-refractivity contribution is -0.129. The van der Waals surface area contributed by atoms with Crippen molar-refractivity contribution in [3.8, 4) is 0 Å². The van der Waals surface area contributed by atoms with Crippen molar-refractivity contribution in [2.24, 2.45) is 0 Å². The number of hydrogen-bond acceptors (Lipinski definition) is 6. The molecular weight excluding hydrogens is 312 g/mol. The number of amides is 2. The summed E-state index contributed by atoms with van der Waals surface area (Å²) in [5, 5.41) is 14.6. The van der Waals surface area contributed by atoms with Crippen LogP contribution < -0.4 is 10.6 Å². The van der Waals surface area contributed by atoms with E-state index in [1.165, 1.54) is 0 Å². The Morgan fingerprint density at radius 3 is 2.67 bits per heavy atom. The number of carbonyl (C=O) groups is 2. The highest BCUT2D eigenvalue weighted by atomic mass is 16.5. The Morgan fingerprint density at radius 1 is 1.29 bits per heavy atom. The predicted molar refractivity (Wildman–Crippen MR) is 87.2 cm³/mol. The molecule has 1 aromatic heterocycles. The van der Waals surface area contributed by atoms with E-state index in [2.05, 4.69) is 20.5 Å². The van der Waals surface area contributed by atoms with Crippen molar-refractivity contribution in [2.75, 3.05) is 46.0 Å². The second kappa shape index (κ2) is 9.96. The van der Waals surface area contributed by atoms with E-state index < -0.39 is 12.6 Å². The summed E-state index contributed by atoms with van der Waals surface area (Å²) in [4.78, 5) is 30.1. The third-order valence-electron chi connectivity index (χ3n) is 3.78. The minimum absolute atomic E-state index is 0.139. The van der Waals surface area contributed by atoms with Crippen molar-refractivity contribution in [2.45, 2.75) is 12.5 Å². The summed E-state index contributed by atoms with van der Waals surface area (Å²) in [6.07, 6.45) is 3.34. The summed E-state index contributed by atoms with van der Waals surface area (Å²) in [7, 11) is 0. The average Bonchev–Trinajstić information content (AvgIpc) is 2.61. The van der Waals surface area contributed by atoms with Crippen LogP contribution in [0.25, 0.3) is 0 Å². The largest absolute Gasteiger partial charge is 0.394 e. The molecule has 0 spiro atoms. The van der Waals surface area contributed by atoms with Gasteiger partial charge in [-0.1, -0.05) is 0 Å². The van der Waals surface area contributed by atoms with Gasteiger partial charge >= 0.3 is 0 Å². The Morgan fingerprint density at radius 2 is 2.00 bits per heavy atom. The van der Waals surface area contributed by atoms with Crippen molar-refractivity contribution in [1.82, 2.24) is 20.5 Å². The molecule has 2 rings (SSSR count). The van der Waals surface area contributed by atoms with Crippen LogP contribution in [-0.4, -0.2) is 78.8 Å². The lowest BCUT2D eigenvalue weighted by Crippen LogP contribution is -2.51. The maximum Gasteiger partial charge on any atom is 0.245 e. The molecular formula is C16H24N4O4. The monoisotopic (exact) mass is 336 g/mol. The number of aliphatic hydroxyl groups excluding tert-OH is 1. The number of pyridine rings is 1. The van der Waals surface area contributed by atoms with Gasteiger partial charge in [-0.3, -0.25) is 19.5 Å². The Balaban J connectivity index is 1.71. The van der Waals surface area contributed by atoms with E-state index in [0.717, 1.165) is 25.2 Å². The molecule has 0 radical (unpaired) electrons. The molecule has 24 heavy (non-hydrogen) atoms. The maximum absolute atomic E-state index is 12.1. The molecule has 1 aromatic rings. The van der Waals surface area contributed by atoms with Gasteiger partial charge in [-0.25, -0.2) is 0 Å². The van der Waals surface area contributed by atoms with Gasteiger partial charge in [0.25, 0.3) is 0 Å². The highest BCUT2D eigenvalue weighted by Crippen LogP contribution is 1.98. The van der Waals surface area contributed by atoms with E-state index in [0.29, 0.717) is 19.8 Å². The first-order valence-corrected chi connectivity index (χ1v) is 8.06. The topological polar surface area (TPSA) is 104 Å². The van der Waals surface area contributed by atoms with E-state index in [9.17, 15) is 14.7 Å². The van der Waals surface area contributed by atoms with Crippen molar-refractivity contribution in [1.29, 1.82) is 0 Å². The Kier molecular flexibility index (Phi) is 7.60. The molecule has 2 amide bonds. The lowest BCUT2D eigenvalue weighted by atomic mass is 10.2. The molecule has 8 heteroatoms. The molecule has 1 aliphatic rings. The van der Waals surface area contributed by atoms with Crippen LogP contribution in [0.4, 0.5) is 0 Å². The molecule has 1 atom stereocenters. The summed E-state index contributed by atoms with van der Waals surface area (Å²) in [6.45, 7) is 3.86. The zero-order chi connectivity index (χ0) is 17.2. The van der Waals surface area contributed by atoms with Crippen LogP contribution in [0.15, 0.2) is 24.5 Å². The zero-order valence-electron chi connectivity index (χ0n) is 13.6. The summed E-state index contributed by atoms with van der Waals surface area (Å²) in [6, 6.07) is 2.52. The fraction of sp³-hybridized carbons (Fsp3) is 0.562. The van der Waals surface area contributed by atoms with Gasteiger partial charge in [0.15, 0.2) is 0 Å². The number of hydrogen-bond donors (Lipinski definition) is 3.